The predicted octanol–water partition coefficient (Wildman–Crippen LogP) is 3.19. The monoisotopic (exact) mass is 296 g/mol. The van der Waals surface area contributed by atoms with E-state index in [9.17, 15) is 9.90 Å². The summed E-state index contributed by atoms with van der Waals surface area (Å²) in [6, 6.07) is 14.3. The van der Waals surface area contributed by atoms with Crippen molar-refractivity contribution in [3.63, 3.8) is 0 Å². The molecular weight excluding hydrogens is 284 g/mol. The average molecular weight is 296 g/mol. The first-order valence-electron chi connectivity index (χ1n) is 6.30. The number of rotatable bonds is 3. The molecule has 0 unspecified atom stereocenters. The van der Waals surface area contributed by atoms with Gasteiger partial charge in [-0.15, -0.1) is 0 Å². The van der Waals surface area contributed by atoms with Crippen LogP contribution in [0.2, 0.25) is 0 Å². The number of nitrogens with zero attached hydrogens (tertiary/aromatic N) is 1. The zero-order valence-corrected chi connectivity index (χ0v) is 11.8. The van der Waals surface area contributed by atoms with Gasteiger partial charge in [-0.2, -0.15) is 0 Å². The summed E-state index contributed by atoms with van der Waals surface area (Å²) in [7, 11) is 0. The van der Waals surface area contributed by atoms with Crippen molar-refractivity contribution in [2.45, 2.75) is 9.92 Å². The van der Waals surface area contributed by atoms with Crippen molar-refractivity contribution in [1.82, 2.24) is 4.98 Å². The molecule has 1 heterocycles. The van der Waals surface area contributed by atoms with Crippen LogP contribution in [0.15, 0.2) is 64.6 Å². The molecule has 0 bridgehead atoms. The molecule has 2 aromatic carbocycles. The van der Waals surface area contributed by atoms with E-state index in [2.05, 4.69) is 4.98 Å². The maximum absolute atomic E-state index is 11.5. The lowest BCUT2D eigenvalue weighted by Gasteiger charge is -2.09. The number of carbonyl (C=O) groups is 1. The zero-order chi connectivity index (χ0) is 14.8. The Labute approximate surface area is 125 Å². The third-order valence-corrected chi connectivity index (χ3v) is 4.20. The summed E-state index contributed by atoms with van der Waals surface area (Å²) in [5, 5.41) is 12.1. The number of primary amides is 1. The van der Waals surface area contributed by atoms with Gasteiger partial charge in [-0.25, -0.2) is 4.98 Å². The Balaban J connectivity index is 2.11. The highest BCUT2D eigenvalue weighted by Crippen LogP contribution is 2.37. The number of fused-ring (bicyclic) bond motifs is 1. The maximum Gasteiger partial charge on any atom is 0.251 e. The summed E-state index contributed by atoms with van der Waals surface area (Å²) in [4.78, 5) is 16.6. The van der Waals surface area contributed by atoms with E-state index in [1.165, 1.54) is 11.8 Å². The van der Waals surface area contributed by atoms with Gasteiger partial charge in [0.2, 0.25) is 0 Å². The minimum absolute atomic E-state index is 0.228. The van der Waals surface area contributed by atoms with Crippen molar-refractivity contribution in [1.29, 1.82) is 0 Å². The van der Waals surface area contributed by atoms with Crippen LogP contribution in [-0.2, 0) is 0 Å². The molecule has 0 saturated heterocycles. The summed E-state index contributed by atoms with van der Waals surface area (Å²) in [6.45, 7) is 0. The van der Waals surface area contributed by atoms with Crippen molar-refractivity contribution in [3.05, 3.63) is 60.3 Å². The minimum atomic E-state index is -0.506. The second kappa shape index (κ2) is 5.46. The van der Waals surface area contributed by atoms with Crippen LogP contribution < -0.4 is 5.73 Å². The van der Waals surface area contributed by atoms with E-state index in [0.29, 0.717) is 10.6 Å². The van der Waals surface area contributed by atoms with Crippen molar-refractivity contribution in [3.8, 4) is 5.75 Å². The highest BCUT2D eigenvalue weighted by Gasteiger charge is 2.12. The van der Waals surface area contributed by atoms with Crippen molar-refractivity contribution < 1.29 is 9.90 Å². The van der Waals surface area contributed by atoms with Gasteiger partial charge in [0.1, 0.15) is 10.8 Å². The molecule has 0 atom stereocenters. The largest absolute Gasteiger partial charge is 0.507 e. The molecule has 0 fully saturated rings. The quantitative estimate of drug-likeness (QED) is 0.778. The topological polar surface area (TPSA) is 76.2 Å². The van der Waals surface area contributed by atoms with Gasteiger partial charge in [-0.1, -0.05) is 36.0 Å². The first kappa shape index (κ1) is 13.5. The van der Waals surface area contributed by atoms with Gasteiger partial charge in [0.05, 0.1) is 5.56 Å². The van der Waals surface area contributed by atoms with E-state index in [1.54, 1.807) is 24.4 Å². The number of hydrogen-bond donors (Lipinski definition) is 2. The molecule has 0 saturated carbocycles. The third kappa shape index (κ3) is 2.55. The molecule has 21 heavy (non-hydrogen) atoms. The highest BCUT2D eigenvalue weighted by atomic mass is 32.2. The number of benzene rings is 2. The van der Waals surface area contributed by atoms with Crippen LogP contribution >= 0.6 is 11.8 Å². The molecule has 0 aliphatic rings. The first-order valence-corrected chi connectivity index (χ1v) is 7.12. The smallest absolute Gasteiger partial charge is 0.251 e. The lowest BCUT2D eigenvalue weighted by Crippen LogP contribution is -2.12. The van der Waals surface area contributed by atoms with Crippen LogP contribution in [0, 0.1) is 0 Å². The number of aromatic hydroxyl groups is 1. The van der Waals surface area contributed by atoms with Crippen molar-refractivity contribution in [2.24, 2.45) is 5.73 Å². The van der Waals surface area contributed by atoms with E-state index in [-0.39, 0.29) is 5.75 Å². The minimum Gasteiger partial charge on any atom is -0.507 e. The van der Waals surface area contributed by atoms with Crippen molar-refractivity contribution in [2.75, 3.05) is 0 Å². The fourth-order valence-electron chi connectivity index (χ4n) is 2.11. The summed E-state index contributed by atoms with van der Waals surface area (Å²) < 4.78 is 0. The van der Waals surface area contributed by atoms with Crippen molar-refractivity contribution >= 4 is 28.4 Å². The summed E-state index contributed by atoms with van der Waals surface area (Å²) >= 11 is 1.36. The molecule has 5 heteroatoms. The number of aromatic nitrogens is 1. The number of pyridine rings is 1. The summed E-state index contributed by atoms with van der Waals surface area (Å²) in [6.07, 6.45) is 1.62. The molecule has 3 aromatic rings. The Hall–Kier alpha value is -2.53. The van der Waals surface area contributed by atoms with Gasteiger partial charge >= 0.3 is 0 Å². The number of nitrogens with two attached hydrogens (primary N) is 1. The third-order valence-electron chi connectivity index (χ3n) is 3.10. The van der Waals surface area contributed by atoms with Gasteiger partial charge < -0.3 is 10.8 Å². The van der Waals surface area contributed by atoms with Gasteiger partial charge in [0.15, 0.2) is 0 Å². The molecule has 3 N–H and O–H groups in total. The van der Waals surface area contributed by atoms with Gasteiger partial charge in [-0.3, -0.25) is 4.79 Å². The van der Waals surface area contributed by atoms with Gasteiger partial charge in [-0.05, 0) is 29.7 Å². The Morgan fingerprint density at radius 3 is 2.57 bits per heavy atom. The number of carbonyl (C=O) groups excluding carboxylic acids is 1. The Bertz CT molecular complexity index is 833. The Morgan fingerprint density at radius 1 is 1.05 bits per heavy atom. The van der Waals surface area contributed by atoms with Gasteiger partial charge in [0, 0.05) is 16.5 Å². The molecule has 0 aliphatic carbocycles. The fourth-order valence-corrected chi connectivity index (χ4v) is 3.13. The van der Waals surface area contributed by atoms with E-state index in [0.717, 1.165) is 15.7 Å². The lowest BCUT2D eigenvalue weighted by molar-refractivity contribution is 0.0997. The second-order valence-electron chi connectivity index (χ2n) is 4.45. The molecule has 1 amide bonds. The molecule has 0 aliphatic heterocycles. The number of hydrogen-bond acceptors (Lipinski definition) is 4. The van der Waals surface area contributed by atoms with Crippen LogP contribution in [-0.4, -0.2) is 16.0 Å². The molecule has 0 radical (unpaired) electrons. The highest BCUT2D eigenvalue weighted by molar-refractivity contribution is 7.99. The zero-order valence-electron chi connectivity index (χ0n) is 11.0. The summed E-state index contributed by atoms with van der Waals surface area (Å²) in [5.41, 5.74) is 5.76. The first-order chi connectivity index (χ1) is 10.2. The Morgan fingerprint density at radius 2 is 1.81 bits per heavy atom. The van der Waals surface area contributed by atoms with Gasteiger partial charge in [0.25, 0.3) is 5.91 Å². The fraction of sp³-hybridized carbons (Fsp3) is 0. The molecule has 4 nitrogen and oxygen atoms in total. The molecule has 104 valence electrons. The van der Waals surface area contributed by atoms with E-state index < -0.39 is 5.91 Å². The van der Waals surface area contributed by atoms with Crippen LogP contribution in [0.1, 0.15) is 10.4 Å². The van der Waals surface area contributed by atoms with Crippen LogP contribution in [0.5, 0.6) is 5.75 Å². The van der Waals surface area contributed by atoms with Crippen LogP contribution in [0.3, 0.4) is 0 Å². The number of phenolic OH excluding ortho intramolecular Hbond substituents is 1. The van der Waals surface area contributed by atoms with E-state index in [4.69, 9.17) is 5.73 Å². The molecule has 1 aromatic heterocycles. The number of amides is 1. The van der Waals surface area contributed by atoms with E-state index in [1.807, 2.05) is 30.3 Å². The maximum atomic E-state index is 11.5. The SMILES string of the molecule is NC(=O)c1cccnc1Sc1ccc(O)c2ccccc12. The average Bonchev–Trinajstić information content (AvgIpc) is 2.51. The van der Waals surface area contributed by atoms with E-state index >= 15 is 0 Å². The van der Waals surface area contributed by atoms with Crippen LogP contribution in [0.25, 0.3) is 10.8 Å². The number of phenols is 1. The predicted molar refractivity (Wildman–Crippen MR) is 82.5 cm³/mol. The molecular formula is C16H12N2O2S. The van der Waals surface area contributed by atoms with Crippen LogP contribution in [0.4, 0.5) is 0 Å². The summed E-state index contributed by atoms with van der Waals surface area (Å²) in [5.74, 6) is -0.278. The second-order valence-corrected chi connectivity index (χ2v) is 5.48. The molecule has 3 rings (SSSR count). The normalized spacial score (nSPS) is 10.7. The Kier molecular flexibility index (Phi) is 3.50. The standard InChI is InChI=1S/C16H12N2O2S/c17-15(20)12-6-3-9-18-16(12)21-14-8-7-13(19)10-4-1-2-5-11(10)14/h1-9,19H,(H2,17,20). The molecule has 0 spiro atoms. The lowest BCUT2D eigenvalue weighted by atomic mass is 10.1.